The molecule has 26 heavy (non-hydrogen) atoms. The summed E-state index contributed by atoms with van der Waals surface area (Å²) in [6.45, 7) is 5.32. The zero-order chi connectivity index (χ0) is 17.9. The van der Waals surface area contributed by atoms with E-state index in [9.17, 15) is 9.59 Å². The van der Waals surface area contributed by atoms with E-state index >= 15 is 0 Å². The van der Waals surface area contributed by atoms with Gasteiger partial charge in [-0.25, -0.2) is 0 Å². The molecule has 2 aromatic rings. The third-order valence-corrected chi connectivity index (χ3v) is 5.02. The Labute approximate surface area is 153 Å². The third-order valence-electron chi connectivity index (χ3n) is 5.02. The molecule has 1 aliphatic heterocycles. The minimum absolute atomic E-state index is 0.0767. The van der Waals surface area contributed by atoms with E-state index in [1.807, 2.05) is 12.1 Å². The van der Waals surface area contributed by atoms with Crippen molar-refractivity contribution in [3.63, 3.8) is 0 Å². The van der Waals surface area contributed by atoms with Crippen LogP contribution in [-0.4, -0.2) is 55.9 Å². The Morgan fingerprint density at radius 3 is 2.35 bits per heavy atom. The summed E-state index contributed by atoms with van der Waals surface area (Å²) >= 11 is 0. The monoisotopic (exact) mass is 350 g/mol. The van der Waals surface area contributed by atoms with E-state index < -0.39 is 0 Å². The highest BCUT2D eigenvalue weighted by molar-refractivity contribution is 6.30. The Balaban J connectivity index is 1.48. The van der Waals surface area contributed by atoms with Crippen molar-refractivity contribution in [2.45, 2.75) is 6.42 Å². The van der Waals surface area contributed by atoms with Crippen LogP contribution in [0.4, 0.5) is 5.69 Å². The molecule has 134 valence electrons. The Bertz CT molecular complexity index is 841. The van der Waals surface area contributed by atoms with Crippen LogP contribution in [0.1, 0.15) is 38.3 Å². The molecule has 1 aliphatic carbocycles. The van der Waals surface area contributed by atoms with Gasteiger partial charge in [-0.05, 0) is 19.0 Å². The molecule has 4 rings (SSSR count). The number of carbonyl (C=O) groups is 2. The summed E-state index contributed by atoms with van der Waals surface area (Å²) in [6.07, 6.45) is 0.975. The van der Waals surface area contributed by atoms with Crippen molar-refractivity contribution in [1.82, 2.24) is 4.90 Å². The number of anilines is 1. The second-order valence-electron chi connectivity index (χ2n) is 6.67. The van der Waals surface area contributed by atoms with Crippen LogP contribution in [0, 0.1) is 0 Å². The fourth-order valence-corrected chi connectivity index (χ4v) is 3.64. The van der Waals surface area contributed by atoms with E-state index in [2.05, 4.69) is 10.2 Å². The van der Waals surface area contributed by atoms with Crippen LogP contribution in [0.15, 0.2) is 42.5 Å². The normalized spacial score (nSPS) is 16.9. The minimum atomic E-state index is -0.0773. The van der Waals surface area contributed by atoms with Crippen molar-refractivity contribution in [2.24, 2.45) is 0 Å². The van der Waals surface area contributed by atoms with Gasteiger partial charge in [-0.1, -0.05) is 36.4 Å². The average molecular weight is 350 g/mol. The SMILES string of the molecule is O=C1c2ccccc2C(=O)c2c(NCCCN3CCOCC3)cccc21. The number of fused-ring (bicyclic) bond motifs is 2. The molecule has 1 fully saturated rings. The molecule has 1 saturated heterocycles. The predicted molar refractivity (Wildman–Crippen MR) is 100 cm³/mol. The fraction of sp³-hybridized carbons (Fsp3) is 0.333. The Morgan fingerprint density at radius 1 is 0.885 bits per heavy atom. The molecule has 0 saturated carbocycles. The van der Waals surface area contributed by atoms with Crippen molar-refractivity contribution in [3.8, 4) is 0 Å². The summed E-state index contributed by atoms with van der Waals surface area (Å²) in [5.74, 6) is -0.154. The molecule has 0 aromatic heterocycles. The smallest absolute Gasteiger partial charge is 0.196 e. The van der Waals surface area contributed by atoms with Gasteiger partial charge in [-0.15, -0.1) is 0 Å². The molecule has 0 bridgehead atoms. The highest BCUT2D eigenvalue weighted by atomic mass is 16.5. The molecule has 0 atom stereocenters. The zero-order valence-corrected chi connectivity index (χ0v) is 14.7. The van der Waals surface area contributed by atoms with Crippen molar-refractivity contribution >= 4 is 17.3 Å². The van der Waals surface area contributed by atoms with Gasteiger partial charge in [0, 0.05) is 42.0 Å². The maximum atomic E-state index is 12.9. The first-order valence-electron chi connectivity index (χ1n) is 9.11. The van der Waals surface area contributed by atoms with Crippen LogP contribution >= 0.6 is 0 Å². The van der Waals surface area contributed by atoms with Crippen LogP contribution < -0.4 is 5.32 Å². The van der Waals surface area contributed by atoms with E-state index in [0.29, 0.717) is 22.3 Å². The highest BCUT2D eigenvalue weighted by Gasteiger charge is 2.31. The van der Waals surface area contributed by atoms with Crippen molar-refractivity contribution in [2.75, 3.05) is 44.7 Å². The maximum Gasteiger partial charge on any atom is 0.196 e. The minimum Gasteiger partial charge on any atom is -0.384 e. The summed E-state index contributed by atoms with van der Waals surface area (Å²) in [5.41, 5.74) is 2.73. The fourth-order valence-electron chi connectivity index (χ4n) is 3.64. The van der Waals surface area contributed by atoms with Gasteiger partial charge in [0.05, 0.1) is 18.8 Å². The molecule has 0 spiro atoms. The summed E-state index contributed by atoms with van der Waals surface area (Å²) < 4.78 is 5.36. The van der Waals surface area contributed by atoms with Crippen LogP contribution in [0.25, 0.3) is 0 Å². The molecule has 0 amide bonds. The molecule has 0 unspecified atom stereocenters. The van der Waals surface area contributed by atoms with Gasteiger partial charge in [0.15, 0.2) is 11.6 Å². The number of ketones is 2. The zero-order valence-electron chi connectivity index (χ0n) is 14.7. The topological polar surface area (TPSA) is 58.6 Å². The first-order valence-corrected chi connectivity index (χ1v) is 9.11. The molecule has 5 nitrogen and oxygen atoms in total. The van der Waals surface area contributed by atoms with Gasteiger partial charge in [0.2, 0.25) is 0 Å². The summed E-state index contributed by atoms with van der Waals surface area (Å²) in [7, 11) is 0. The second-order valence-corrected chi connectivity index (χ2v) is 6.67. The largest absolute Gasteiger partial charge is 0.384 e. The number of rotatable bonds is 5. The summed E-state index contributed by atoms with van der Waals surface area (Å²) in [5, 5.41) is 3.36. The third kappa shape index (κ3) is 3.16. The highest BCUT2D eigenvalue weighted by Crippen LogP contribution is 2.31. The molecule has 1 heterocycles. The van der Waals surface area contributed by atoms with E-state index in [0.717, 1.165) is 51.5 Å². The van der Waals surface area contributed by atoms with Gasteiger partial charge in [0.1, 0.15) is 0 Å². The molecule has 0 radical (unpaired) electrons. The number of morpholine rings is 1. The van der Waals surface area contributed by atoms with E-state index in [1.54, 1.807) is 30.3 Å². The Hall–Kier alpha value is -2.50. The first kappa shape index (κ1) is 16.9. The summed E-state index contributed by atoms with van der Waals surface area (Å²) in [6, 6.07) is 12.5. The van der Waals surface area contributed by atoms with Gasteiger partial charge in [-0.3, -0.25) is 14.5 Å². The Morgan fingerprint density at radius 2 is 1.58 bits per heavy atom. The first-order chi connectivity index (χ1) is 12.8. The molecular formula is C21H22N2O3. The van der Waals surface area contributed by atoms with Crippen molar-refractivity contribution in [3.05, 3.63) is 64.7 Å². The number of nitrogens with one attached hydrogen (secondary N) is 1. The molecule has 2 aliphatic rings. The van der Waals surface area contributed by atoms with Crippen molar-refractivity contribution < 1.29 is 14.3 Å². The number of ether oxygens (including phenoxy) is 1. The molecule has 1 N–H and O–H groups in total. The lowest BCUT2D eigenvalue weighted by atomic mass is 9.83. The lowest BCUT2D eigenvalue weighted by Crippen LogP contribution is -2.37. The van der Waals surface area contributed by atoms with Crippen molar-refractivity contribution in [1.29, 1.82) is 0 Å². The van der Waals surface area contributed by atoms with Crippen LogP contribution in [-0.2, 0) is 4.74 Å². The Kier molecular flexibility index (Phi) is 4.82. The lowest BCUT2D eigenvalue weighted by Gasteiger charge is -2.26. The number of hydrogen-bond acceptors (Lipinski definition) is 5. The predicted octanol–water partition coefficient (Wildman–Crippen LogP) is 2.60. The van der Waals surface area contributed by atoms with Crippen LogP contribution in [0.2, 0.25) is 0 Å². The average Bonchev–Trinajstić information content (AvgIpc) is 2.70. The van der Waals surface area contributed by atoms with Gasteiger partial charge in [-0.2, -0.15) is 0 Å². The standard InChI is InChI=1S/C21H22N2O3/c24-20-15-5-1-2-6-16(15)21(25)19-17(20)7-3-8-18(19)22-9-4-10-23-11-13-26-14-12-23/h1-3,5-8,22H,4,9-14H2. The quantitative estimate of drug-likeness (QED) is 0.717. The number of benzene rings is 2. The molecular weight excluding hydrogens is 328 g/mol. The van der Waals surface area contributed by atoms with E-state index in [4.69, 9.17) is 4.74 Å². The van der Waals surface area contributed by atoms with Gasteiger partial charge in [0.25, 0.3) is 0 Å². The molecule has 5 heteroatoms. The number of carbonyl (C=O) groups excluding carboxylic acids is 2. The van der Waals surface area contributed by atoms with E-state index in [1.165, 1.54) is 0 Å². The van der Waals surface area contributed by atoms with Gasteiger partial charge >= 0.3 is 0 Å². The second kappa shape index (κ2) is 7.40. The number of hydrogen-bond donors (Lipinski definition) is 1. The van der Waals surface area contributed by atoms with E-state index in [-0.39, 0.29) is 11.6 Å². The van der Waals surface area contributed by atoms with Crippen LogP contribution in [0.3, 0.4) is 0 Å². The maximum absolute atomic E-state index is 12.9. The van der Waals surface area contributed by atoms with Gasteiger partial charge < -0.3 is 10.1 Å². The lowest BCUT2D eigenvalue weighted by molar-refractivity contribution is 0.0378. The number of nitrogens with zero attached hydrogens (tertiary/aromatic N) is 1. The summed E-state index contributed by atoms with van der Waals surface area (Å²) in [4.78, 5) is 28.1. The van der Waals surface area contributed by atoms with Crippen LogP contribution in [0.5, 0.6) is 0 Å². The molecule has 2 aromatic carbocycles.